The van der Waals surface area contributed by atoms with Crippen molar-refractivity contribution in [1.82, 2.24) is 10.6 Å². The van der Waals surface area contributed by atoms with Gasteiger partial charge in [-0.05, 0) is 38.5 Å². The van der Waals surface area contributed by atoms with Crippen molar-refractivity contribution >= 4 is 0 Å². The molecule has 0 aromatic rings. The van der Waals surface area contributed by atoms with Crippen molar-refractivity contribution in [2.45, 2.75) is 70.5 Å². The highest BCUT2D eigenvalue weighted by Crippen LogP contribution is 2.23. The number of morpholine rings is 1. The lowest BCUT2D eigenvalue weighted by atomic mass is 10.0. The zero-order chi connectivity index (χ0) is 12.8. The quantitative estimate of drug-likeness (QED) is 0.755. The third-order valence-corrected chi connectivity index (χ3v) is 4.41. The minimum Gasteiger partial charge on any atom is -0.379 e. The van der Waals surface area contributed by atoms with Gasteiger partial charge < -0.3 is 15.4 Å². The third-order valence-electron chi connectivity index (χ3n) is 4.41. The fourth-order valence-electron chi connectivity index (χ4n) is 3.32. The van der Waals surface area contributed by atoms with Gasteiger partial charge in [-0.1, -0.05) is 19.8 Å². The van der Waals surface area contributed by atoms with Gasteiger partial charge in [0.25, 0.3) is 0 Å². The summed E-state index contributed by atoms with van der Waals surface area (Å²) >= 11 is 0. The molecule has 0 spiro atoms. The average molecular weight is 254 g/mol. The summed E-state index contributed by atoms with van der Waals surface area (Å²) in [5.41, 5.74) is 0. The molecule has 1 aliphatic carbocycles. The van der Waals surface area contributed by atoms with Gasteiger partial charge in [-0.25, -0.2) is 0 Å². The molecule has 3 heteroatoms. The number of hydrogen-bond donors (Lipinski definition) is 2. The van der Waals surface area contributed by atoms with Gasteiger partial charge in [0.05, 0.1) is 13.2 Å². The summed E-state index contributed by atoms with van der Waals surface area (Å²) in [6.45, 7) is 7.49. The maximum Gasteiger partial charge on any atom is 0.0620 e. The summed E-state index contributed by atoms with van der Waals surface area (Å²) < 4.78 is 5.52. The molecule has 0 amide bonds. The van der Waals surface area contributed by atoms with Crippen LogP contribution < -0.4 is 10.6 Å². The molecule has 0 aromatic carbocycles. The highest BCUT2D eigenvalue weighted by molar-refractivity contribution is 4.80. The van der Waals surface area contributed by atoms with E-state index in [1.807, 2.05) is 0 Å². The molecule has 2 aliphatic rings. The van der Waals surface area contributed by atoms with Crippen LogP contribution in [0.15, 0.2) is 0 Å². The predicted molar refractivity (Wildman–Crippen MR) is 75.9 cm³/mol. The zero-order valence-electron chi connectivity index (χ0n) is 12.1. The first-order valence-electron chi connectivity index (χ1n) is 7.81. The second kappa shape index (κ2) is 7.46. The standard InChI is InChI=1S/C15H30N2O/c1-12-4-3-5-14(7-6-12)17-13(2)10-15-11-18-9-8-16-15/h12-17H,3-11H2,1-2H3. The molecule has 2 rings (SSSR count). The van der Waals surface area contributed by atoms with Crippen molar-refractivity contribution in [3.05, 3.63) is 0 Å². The molecule has 0 aromatic heterocycles. The normalized spacial score (nSPS) is 36.0. The third kappa shape index (κ3) is 4.87. The highest BCUT2D eigenvalue weighted by Gasteiger charge is 2.20. The van der Waals surface area contributed by atoms with Crippen LogP contribution in [-0.4, -0.2) is 37.9 Å². The lowest BCUT2D eigenvalue weighted by Crippen LogP contribution is -2.46. The minimum atomic E-state index is 0.547. The summed E-state index contributed by atoms with van der Waals surface area (Å²) in [5.74, 6) is 0.931. The van der Waals surface area contributed by atoms with Gasteiger partial charge >= 0.3 is 0 Å². The van der Waals surface area contributed by atoms with E-state index in [9.17, 15) is 0 Å². The molecule has 1 saturated heterocycles. The Morgan fingerprint density at radius 3 is 2.94 bits per heavy atom. The van der Waals surface area contributed by atoms with Crippen LogP contribution in [0.1, 0.15) is 52.4 Å². The summed E-state index contributed by atoms with van der Waals surface area (Å²) in [6.07, 6.45) is 8.13. The lowest BCUT2D eigenvalue weighted by Gasteiger charge is -2.29. The van der Waals surface area contributed by atoms with E-state index < -0.39 is 0 Å². The molecular weight excluding hydrogens is 224 g/mol. The van der Waals surface area contributed by atoms with Crippen LogP contribution in [0.5, 0.6) is 0 Å². The molecule has 0 bridgehead atoms. The van der Waals surface area contributed by atoms with Crippen molar-refractivity contribution in [3.8, 4) is 0 Å². The van der Waals surface area contributed by atoms with Crippen LogP contribution in [0.4, 0.5) is 0 Å². The first-order chi connectivity index (χ1) is 8.74. The average Bonchev–Trinajstić information content (AvgIpc) is 2.56. The van der Waals surface area contributed by atoms with E-state index in [-0.39, 0.29) is 0 Å². The van der Waals surface area contributed by atoms with E-state index in [2.05, 4.69) is 24.5 Å². The first-order valence-corrected chi connectivity index (χ1v) is 7.81. The van der Waals surface area contributed by atoms with Crippen molar-refractivity contribution < 1.29 is 4.74 Å². The molecule has 1 saturated carbocycles. The fraction of sp³-hybridized carbons (Fsp3) is 1.00. The highest BCUT2D eigenvalue weighted by atomic mass is 16.5. The summed E-state index contributed by atoms with van der Waals surface area (Å²) in [5, 5.41) is 7.37. The molecule has 2 fully saturated rings. The van der Waals surface area contributed by atoms with Gasteiger partial charge in [0.2, 0.25) is 0 Å². The van der Waals surface area contributed by atoms with Gasteiger partial charge in [-0.15, -0.1) is 0 Å². The van der Waals surface area contributed by atoms with E-state index in [0.29, 0.717) is 12.1 Å². The maximum absolute atomic E-state index is 5.52. The van der Waals surface area contributed by atoms with E-state index >= 15 is 0 Å². The van der Waals surface area contributed by atoms with E-state index in [0.717, 1.165) is 31.7 Å². The summed E-state index contributed by atoms with van der Waals surface area (Å²) in [6, 6.07) is 1.89. The Bertz CT molecular complexity index is 229. The van der Waals surface area contributed by atoms with Gasteiger partial charge in [0.1, 0.15) is 0 Å². The van der Waals surface area contributed by atoms with E-state index in [4.69, 9.17) is 4.74 Å². The smallest absolute Gasteiger partial charge is 0.0620 e. The Balaban J connectivity index is 1.67. The molecule has 106 valence electrons. The van der Waals surface area contributed by atoms with Gasteiger partial charge in [-0.3, -0.25) is 0 Å². The molecule has 1 aliphatic heterocycles. The SMILES string of the molecule is CC1CCCC(NC(C)CC2COCCN2)CC1. The zero-order valence-corrected chi connectivity index (χ0v) is 12.1. The fourth-order valence-corrected chi connectivity index (χ4v) is 3.32. The molecule has 0 radical (unpaired) electrons. The molecule has 1 heterocycles. The topological polar surface area (TPSA) is 33.3 Å². The molecule has 3 nitrogen and oxygen atoms in total. The molecule has 4 unspecified atom stereocenters. The van der Waals surface area contributed by atoms with Gasteiger partial charge in [0, 0.05) is 24.7 Å². The van der Waals surface area contributed by atoms with Crippen molar-refractivity contribution in [1.29, 1.82) is 0 Å². The molecule has 4 atom stereocenters. The number of nitrogens with one attached hydrogen (secondary N) is 2. The van der Waals surface area contributed by atoms with Crippen molar-refractivity contribution in [2.75, 3.05) is 19.8 Å². The lowest BCUT2D eigenvalue weighted by molar-refractivity contribution is 0.0706. The van der Waals surface area contributed by atoms with Gasteiger partial charge in [0.15, 0.2) is 0 Å². The molecule has 2 N–H and O–H groups in total. The van der Waals surface area contributed by atoms with Crippen LogP contribution >= 0.6 is 0 Å². The summed E-state index contributed by atoms with van der Waals surface area (Å²) in [4.78, 5) is 0. The predicted octanol–water partition coefficient (Wildman–Crippen LogP) is 2.31. The first kappa shape index (κ1) is 14.3. The monoisotopic (exact) mass is 254 g/mol. The Labute approximate surface area is 112 Å². The van der Waals surface area contributed by atoms with Crippen molar-refractivity contribution in [2.24, 2.45) is 5.92 Å². The summed E-state index contributed by atoms with van der Waals surface area (Å²) in [7, 11) is 0. The van der Waals surface area contributed by atoms with Crippen LogP contribution in [0.25, 0.3) is 0 Å². The van der Waals surface area contributed by atoms with Crippen LogP contribution in [0, 0.1) is 5.92 Å². The Morgan fingerprint density at radius 1 is 1.28 bits per heavy atom. The minimum absolute atomic E-state index is 0.547. The second-order valence-electron chi connectivity index (χ2n) is 6.34. The van der Waals surface area contributed by atoms with Crippen molar-refractivity contribution in [3.63, 3.8) is 0 Å². The van der Waals surface area contributed by atoms with Crippen LogP contribution in [0.2, 0.25) is 0 Å². The van der Waals surface area contributed by atoms with Crippen LogP contribution in [-0.2, 0) is 4.74 Å². The molecular formula is C15H30N2O. The number of ether oxygens (including phenoxy) is 1. The number of rotatable bonds is 4. The number of hydrogen-bond acceptors (Lipinski definition) is 3. The Morgan fingerprint density at radius 2 is 2.17 bits per heavy atom. The largest absolute Gasteiger partial charge is 0.379 e. The van der Waals surface area contributed by atoms with Crippen LogP contribution in [0.3, 0.4) is 0 Å². The van der Waals surface area contributed by atoms with Gasteiger partial charge in [-0.2, -0.15) is 0 Å². The Hall–Kier alpha value is -0.120. The maximum atomic E-state index is 5.52. The Kier molecular flexibility index (Phi) is 5.93. The van der Waals surface area contributed by atoms with E-state index in [1.54, 1.807) is 0 Å². The molecule has 18 heavy (non-hydrogen) atoms. The van der Waals surface area contributed by atoms with E-state index in [1.165, 1.54) is 38.5 Å². The second-order valence-corrected chi connectivity index (χ2v) is 6.34.